The van der Waals surface area contributed by atoms with Crippen LogP contribution in [0.5, 0.6) is 0 Å². The van der Waals surface area contributed by atoms with Crippen molar-refractivity contribution in [1.82, 2.24) is 0 Å². The van der Waals surface area contributed by atoms with Crippen LogP contribution in [-0.2, 0) is 4.79 Å². The van der Waals surface area contributed by atoms with Crippen LogP contribution in [0.2, 0.25) is 0 Å². The van der Waals surface area contributed by atoms with E-state index in [-0.39, 0.29) is 0 Å². The Bertz CT molecular complexity index is 777. The maximum Gasteiger partial charge on any atom is 0.337 e. The summed E-state index contributed by atoms with van der Waals surface area (Å²) >= 11 is 0. The maximum absolute atomic E-state index is 13.7. The van der Waals surface area contributed by atoms with Gasteiger partial charge in [-0.25, -0.2) is 31.1 Å². The van der Waals surface area contributed by atoms with Crippen molar-refractivity contribution in [3.63, 3.8) is 0 Å². The van der Waals surface area contributed by atoms with E-state index in [0.717, 1.165) is 6.07 Å². The van der Waals surface area contributed by atoms with Crippen molar-refractivity contribution < 1.29 is 41.4 Å². The highest BCUT2D eigenvalue weighted by Crippen LogP contribution is 2.34. The van der Waals surface area contributed by atoms with Crippen molar-refractivity contribution in [1.29, 1.82) is 0 Å². The molecule has 0 saturated carbocycles. The Kier molecular flexibility index (Phi) is 4.33. The van der Waals surface area contributed by atoms with E-state index in [1.165, 1.54) is 0 Å². The van der Waals surface area contributed by atoms with Crippen LogP contribution in [0.3, 0.4) is 0 Å². The number of rotatable bonds is 3. The van der Waals surface area contributed by atoms with Gasteiger partial charge >= 0.3 is 5.97 Å². The summed E-state index contributed by atoms with van der Waals surface area (Å²) in [5.74, 6) is -14.6. The number of carboxylic acid groups (broad SMARTS) is 1. The predicted octanol–water partition coefficient (Wildman–Crippen LogP) is 3.31. The first-order valence-electron chi connectivity index (χ1n) is 5.89. The quantitative estimate of drug-likeness (QED) is 0.514. The molecule has 1 unspecified atom stereocenters. The van der Waals surface area contributed by atoms with Gasteiger partial charge in [0, 0.05) is 5.56 Å². The Hall–Kier alpha value is -2.55. The summed E-state index contributed by atoms with van der Waals surface area (Å²) in [6, 6.07) is 1.82. The first-order chi connectivity index (χ1) is 10.7. The summed E-state index contributed by atoms with van der Waals surface area (Å²) < 4.78 is 80.5. The highest BCUT2D eigenvalue weighted by Gasteiger charge is 2.29. The minimum Gasteiger partial charge on any atom is -0.479 e. The molecule has 9 heteroatoms. The monoisotopic (exact) mass is 336 g/mol. The zero-order valence-corrected chi connectivity index (χ0v) is 10.9. The molecular weight excluding hydrogens is 330 g/mol. The topological polar surface area (TPSA) is 57.5 Å². The first-order valence-corrected chi connectivity index (χ1v) is 5.89. The van der Waals surface area contributed by atoms with Gasteiger partial charge in [0.05, 0.1) is 5.56 Å². The van der Waals surface area contributed by atoms with E-state index in [4.69, 9.17) is 5.11 Å². The van der Waals surface area contributed by atoms with E-state index in [2.05, 4.69) is 0 Å². The fourth-order valence-corrected chi connectivity index (χ4v) is 1.89. The number of aliphatic hydroxyl groups excluding tert-OH is 1. The van der Waals surface area contributed by atoms with Crippen LogP contribution in [0.15, 0.2) is 18.2 Å². The van der Waals surface area contributed by atoms with Gasteiger partial charge in [0.25, 0.3) is 0 Å². The fourth-order valence-electron chi connectivity index (χ4n) is 1.89. The van der Waals surface area contributed by atoms with Crippen molar-refractivity contribution in [2.24, 2.45) is 0 Å². The molecule has 2 aromatic carbocycles. The second kappa shape index (κ2) is 5.92. The van der Waals surface area contributed by atoms with Crippen LogP contribution in [0.4, 0.5) is 26.3 Å². The van der Waals surface area contributed by atoms with Crippen LogP contribution in [-0.4, -0.2) is 16.2 Å². The molecule has 0 heterocycles. The van der Waals surface area contributed by atoms with Gasteiger partial charge < -0.3 is 10.2 Å². The van der Waals surface area contributed by atoms with Gasteiger partial charge in [-0.15, -0.1) is 0 Å². The number of carbonyl (C=O) groups is 1. The lowest BCUT2D eigenvalue weighted by molar-refractivity contribution is -0.146. The van der Waals surface area contributed by atoms with E-state index < -0.39 is 63.7 Å². The summed E-state index contributed by atoms with van der Waals surface area (Å²) in [5, 5.41) is 18.0. The number of hydrogen-bond acceptors (Lipinski definition) is 2. The lowest BCUT2D eigenvalue weighted by Gasteiger charge is -2.12. The van der Waals surface area contributed by atoms with Crippen molar-refractivity contribution in [3.8, 4) is 11.1 Å². The van der Waals surface area contributed by atoms with Gasteiger partial charge in [-0.2, -0.15) is 0 Å². The van der Waals surface area contributed by atoms with Crippen molar-refractivity contribution in [2.45, 2.75) is 6.10 Å². The number of aliphatic carboxylic acids is 1. The Morgan fingerprint density at radius 3 is 1.83 bits per heavy atom. The second-order valence-corrected chi connectivity index (χ2v) is 4.42. The minimum absolute atomic E-state index is 0.492. The standard InChI is InChI=1S/C14H6F6O3/c15-6-2-1-4(13(21)14(22)23)3-5(6)7-8(16)10(18)12(20)11(19)9(7)17/h1-3,13,21H,(H,22,23). The van der Waals surface area contributed by atoms with Crippen LogP contribution in [0, 0.1) is 34.9 Å². The molecule has 23 heavy (non-hydrogen) atoms. The lowest BCUT2D eigenvalue weighted by Crippen LogP contribution is -2.11. The van der Waals surface area contributed by atoms with Gasteiger partial charge in [0.1, 0.15) is 5.82 Å². The number of aliphatic hydroxyl groups is 1. The largest absolute Gasteiger partial charge is 0.479 e. The number of hydrogen-bond donors (Lipinski definition) is 2. The number of carboxylic acids is 1. The third-order valence-electron chi connectivity index (χ3n) is 3.02. The molecular formula is C14H6F6O3. The van der Waals surface area contributed by atoms with Crippen LogP contribution >= 0.6 is 0 Å². The Labute approximate surface area is 124 Å². The van der Waals surface area contributed by atoms with Gasteiger partial charge in [0.2, 0.25) is 5.82 Å². The molecule has 0 aliphatic rings. The average Bonchev–Trinajstić information content (AvgIpc) is 2.52. The van der Waals surface area contributed by atoms with E-state index >= 15 is 0 Å². The summed E-state index contributed by atoms with van der Waals surface area (Å²) in [6.45, 7) is 0. The first kappa shape index (κ1) is 16.8. The summed E-state index contributed by atoms with van der Waals surface area (Å²) in [5.41, 5.74) is -3.13. The molecule has 0 bridgehead atoms. The normalized spacial score (nSPS) is 12.3. The number of benzene rings is 2. The fraction of sp³-hybridized carbons (Fsp3) is 0.0714. The highest BCUT2D eigenvalue weighted by atomic mass is 19.2. The molecule has 0 aliphatic carbocycles. The van der Waals surface area contributed by atoms with Gasteiger partial charge in [-0.1, -0.05) is 6.07 Å². The molecule has 1 atom stereocenters. The summed E-state index contributed by atoms with van der Waals surface area (Å²) in [6.07, 6.45) is -2.17. The third-order valence-corrected chi connectivity index (χ3v) is 3.02. The summed E-state index contributed by atoms with van der Waals surface area (Å²) in [7, 11) is 0. The Balaban J connectivity index is 2.77. The van der Waals surface area contributed by atoms with Crippen LogP contribution < -0.4 is 0 Å². The van der Waals surface area contributed by atoms with E-state index in [1.807, 2.05) is 0 Å². The van der Waals surface area contributed by atoms with E-state index in [1.54, 1.807) is 0 Å². The molecule has 2 rings (SSSR count). The molecule has 0 fully saturated rings. The Morgan fingerprint density at radius 2 is 1.35 bits per heavy atom. The van der Waals surface area contributed by atoms with Crippen LogP contribution in [0.1, 0.15) is 11.7 Å². The highest BCUT2D eigenvalue weighted by molar-refractivity contribution is 5.75. The maximum atomic E-state index is 13.7. The molecule has 0 saturated heterocycles. The number of halogens is 6. The molecule has 0 aromatic heterocycles. The molecule has 0 aliphatic heterocycles. The van der Waals surface area contributed by atoms with E-state index in [0.29, 0.717) is 12.1 Å². The average molecular weight is 336 g/mol. The molecule has 3 nitrogen and oxygen atoms in total. The smallest absolute Gasteiger partial charge is 0.337 e. The molecule has 2 aromatic rings. The minimum atomic E-state index is -2.41. The molecule has 2 N–H and O–H groups in total. The predicted molar refractivity (Wildman–Crippen MR) is 64.2 cm³/mol. The molecule has 0 amide bonds. The third kappa shape index (κ3) is 2.74. The van der Waals surface area contributed by atoms with E-state index in [9.17, 15) is 36.2 Å². The summed E-state index contributed by atoms with van der Waals surface area (Å²) in [4.78, 5) is 10.7. The van der Waals surface area contributed by atoms with Gasteiger partial charge in [-0.3, -0.25) is 0 Å². The van der Waals surface area contributed by atoms with Crippen molar-refractivity contribution in [2.75, 3.05) is 0 Å². The SMILES string of the molecule is O=C(O)C(O)c1ccc(F)c(-c2c(F)c(F)c(F)c(F)c2F)c1. The molecule has 122 valence electrons. The zero-order valence-electron chi connectivity index (χ0n) is 10.9. The van der Waals surface area contributed by atoms with Crippen LogP contribution in [0.25, 0.3) is 11.1 Å². The van der Waals surface area contributed by atoms with Gasteiger partial charge in [-0.05, 0) is 17.7 Å². The van der Waals surface area contributed by atoms with Crippen molar-refractivity contribution in [3.05, 3.63) is 58.7 Å². The van der Waals surface area contributed by atoms with Crippen molar-refractivity contribution >= 4 is 5.97 Å². The molecule has 0 spiro atoms. The lowest BCUT2D eigenvalue weighted by atomic mass is 9.98. The van der Waals surface area contributed by atoms with Gasteiger partial charge in [0.15, 0.2) is 29.4 Å². The zero-order chi connectivity index (χ0) is 17.5. The second-order valence-electron chi connectivity index (χ2n) is 4.42. The Morgan fingerprint density at radius 1 is 0.870 bits per heavy atom. The molecule has 0 radical (unpaired) electrons.